The molecular formula is C13H24N2O4. The maximum absolute atomic E-state index is 12.2. The molecule has 2 atom stereocenters. The summed E-state index contributed by atoms with van der Waals surface area (Å²) in [6.07, 6.45) is 0.814. The molecule has 0 aromatic carbocycles. The van der Waals surface area contributed by atoms with E-state index < -0.39 is 17.4 Å². The molecule has 6 heteroatoms. The van der Waals surface area contributed by atoms with Gasteiger partial charge in [-0.05, 0) is 27.2 Å². The van der Waals surface area contributed by atoms with Crippen LogP contribution in [0.25, 0.3) is 0 Å². The fourth-order valence-electron chi connectivity index (χ4n) is 1.84. The number of nitrogens with zero attached hydrogens (tertiary/aromatic N) is 1. The van der Waals surface area contributed by atoms with E-state index >= 15 is 0 Å². The van der Waals surface area contributed by atoms with Crippen molar-refractivity contribution in [2.45, 2.75) is 45.7 Å². The minimum atomic E-state index is -1.06. The Morgan fingerprint density at radius 3 is 2.58 bits per heavy atom. The van der Waals surface area contributed by atoms with Crippen LogP contribution in [0.2, 0.25) is 0 Å². The van der Waals surface area contributed by atoms with Crippen molar-refractivity contribution in [2.24, 2.45) is 5.41 Å². The van der Waals surface area contributed by atoms with Crippen molar-refractivity contribution in [1.29, 1.82) is 0 Å². The molecule has 2 N–H and O–H groups in total. The second-order valence-electron chi connectivity index (χ2n) is 5.96. The molecule has 0 spiro atoms. The number of carbonyl (C=O) groups excluding carboxylic acids is 1. The second kappa shape index (κ2) is 5.36. The third-order valence-electron chi connectivity index (χ3n) is 4.32. The smallest absolute Gasteiger partial charge is 0.317 e. The van der Waals surface area contributed by atoms with Gasteiger partial charge in [-0.25, -0.2) is 4.79 Å². The molecule has 1 aliphatic rings. The maximum atomic E-state index is 12.2. The van der Waals surface area contributed by atoms with Crippen molar-refractivity contribution in [1.82, 2.24) is 10.2 Å². The van der Waals surface area contributed by atoms with Crippen LogP contribution < -0.4 is 5.32 Å². The van der Waals surface area contributed by atoms with E-state index in [-0.39, 0.29) is 24.8 Å². The van der Waals surface area contributed by atoms with E-state index in [1.165, 1.54) is 0 Å². The molecule has 6 nitrogen and oxygen atoms in total. The number of hydrogen-bond acceptors (Lipinski definition) is 3. The maximum Gasteiger partial charge on any atom is 0.317 e. The fraction of sp³-hybridized carbons (Fsp3) is 0.846. The van der Waals surface area contributed by atoms with Gasteiger partial charge in [-0.1, -0.05) is 6.92 Å². The first-order chi connectivity index (χ1) is 8.65. The standard InChI is InChI=1S/C13H24N2O4/c1-6-12(2,3)15(5)11(18)14-9-7-19-8-13(9,4)10(16)17/h9H,6-8H2,1-5H3,(H,14,18)(H,16,17). The van der Waals surface area contributed by atoms with Gasteiger partial charge in [0.2, 0.25) is 0 Å². The Morgan fingerprint density at radius 1 is 1.53 bits per heavy atom. The lowest BCUT2D eigenvalue weighted by atomic mass is 9.85. The first-order valence-electron chi connectivity index (χ1n) is 6.50. The number of carboxylic acid groups (broad SMARTS) is 1. The summed E-state index contributed by atoms with van der Waals surface area (Å²) in [6, 6.07) is -0.776. The zero-order chi connectivity index (χ0) is 14.8. The van der Waals surface area contributed by atoms with Crippen molar-refractivity contribution >= 4 is 12.0 Å². The highest BCUT2D eigenvalue weighted by Gasteiger charge is 2.48. The van der Waals surface area contributed by atoms with Crippen molar-refractivity contribution in [3.8, 4) is 0 Å². The third kappa shape index (κ3) is 3.00. The third-order valence-corrected chi connectivity index (χ3v) is 4.32. The molecular weight excluding hydrogens is 248 g/mol. The number of aliphatic carboxylic acids is 1. The van der Waals surface area contributed by atoms with E-state index in [0.717, 1.165) is 6.42 Å². The number of carboxylic acids is 1. The Hall–Kier alpha value is -1.30. The molecule has 1 aliphatic heterocycles. The predicted octanol–water partition coefficient (Wildman–Crippen LogP) is 1.31. The molecule has 0 aliphatic carbocycles. The highest BCUT2D eigenvalue weighted by molar-refractivity contribution is 5.79. The zero-order valence-corrected chi connectivity index (χ0v) is 12.3. The van der Waals surface area contributed by atoms with E-state index in [0.29, 0.717) is 0 Å². The van der Waals surface area contributed by atoms with E-state index in [9.17, 15) is 14.7 Å². The van der Waals surface area contributed by atoms with Crippen molar-refractivity contribution in [2.75, 3.05) is 20.3 Å². The molecule has 110 valence electrons. The van der Waals surface area contributed by atoms with Gasteiger partial charge in [0, 0.05) is 12.6 Å². The van der Waals surface area contributed by atoms with E-state index in [2.05, 4.69) is 5.32 Å². The van der Waals surface area contributed by atoms with Gasteiger partial charge >= 0.3 is 12.0 Å². The normalized spacial score (nSPS) is 27.1. The second-order valence-corrected chi connectivity index (χ2v) is 5.96. The van der Waals surface area contributed by atoms with Crippen LogP contribution in [0.5, 0.6) is 0 Å². The number of carbonyl (C=O) groups is 2. The average Bonchev–Trinajstić information content (AvgIpc) is 2.71. The van der Waals surface area contributed by atoms with Crippen molar-refractivity contribution in [3.05, 3.63) is 0 Å². The van der Waals surface area contributed by atoms with Gasteiger partial charge in [0.15, 0.2) is 0 Å². The summed E-state index contributed by atoms with van der Waals surface area (Å²) in [5, 5.41) is 12.0. The predicted molar refractivity (Wildman–Crippen MR) is 71.0 cm³/mol. The van der Waals surface area contributed by atoms with Gasteiger partial charge < -0.3 is 20.1 Å². The summed E-state index contributed by atoms with van der Waals surface area (Å²) >= 11 is 0. The highest BCUT2D eigenvalue weighted by Crippen LogP contribution is 2.29. The molecule has 2 unspecified atom stereocenters. The van der Waals surface area contributed by atoms with E-state index in [4.69, 9.17) is 4.74 Å². The molecule has 19 heavy (non-hydrogen) atoms. The van der Waals surface area contributed by atoms with Gasteiger partial charge in [-0.3, -0.25) is 4.79 Å². The van der Waals surface area contributed by atoms with Crippen LogP contribution in [0.4, 0.5) is 4.79 Å². The Labute approximate surface area is 114 Å². The largest absolute Gasteiger partial charge is 0.481 e. The van der Waals surface area contributed by atoms with Crippen LogP contribution >= 0.6 is 0 Å². The quantitative estimate of drug-likeness (QED) is 0.808. The molecule has 0 bridgehead atoms. The average molecular weight is 272 g/mol. The Balaban J connectivity index is 2.75. The lowest BCUT2D eigenvalue weighted by molar-refractivity contribution is -0.148. The van der Waals surface area contributed by atoms with Crippen LogP contribution in [0, 0.1) is 5.41 Å². The lowest BCUT2D eigenvalue weighted by Gasteiger charge is -2.36. The Bertz CT molecular complexity index is 370. The molecule has 1 fully saturated rings. The zero-order valence-electron chi connectivity index (χ0n) is 12.3. The molecule has 2 amide bonds. The molecule has 0 aromatic rings. The van der Waals surface area contributed by atoms with Crippen LogP contribution in [0.3, 0.4) is 0 Å². The number of ether oxygens (including phenoxy) is 1. The van der Waals surface area contributed by atoms with Crippen LogP contribution in [0.15, 0.2) is 0 Å². The van der Waals surface area contributed by atoms with Crippen molar-refractivity contribution in [3.63, 3.8) is 0 Å². The lowest BCUT2D eigenvalue weighted by Crippen LogP contribution is -2.56. The van der Waals surface area contributed by atoms with Crippen LogP contribution in [-0.4, -0.2) is 53.8 Å². The summed E-state index contributed by atoms with van der Waals surface area (Å²) in [5.41, 5.74) is -1.34. The monoisotopic (exact) mass is 272 g/mol. The van der Waals surface area contributed by atoms with E-state index in [1.54, 1.807) is 18.9 Å². The topological polar surface area (TPSA) is 78.9 Å². The number of nitrogens with one attached hydrogen (secondary N) is 1. The van der Waals surface area contributed by atoms with Gasteiger partial charge in [0.25, 0.3) is 0 Å². The van der Waals surface area contributed by atoms with Gasteiger partial charge in [0.05, 0.1) is 19.3 Å². The number of rotatable bonds is 4. The molecule has 1 rings (SSSR count). The number of hydrogen-bond donors (Lipinski definition) is 2. The first-order valence-corrected chi connectivity index (χ1v) is 6.50. The van der Waals surface area contributed by atoms with Crippen molar-refractivity contribution < 1.29 is 19.4 Å². The fourth-order valence-corrected chi connectivity index (χ4v) is 1.84. The summed E-state index contributed by atoms with van der Waals surface area (Å²) in [5.74, 6) is -0.951. The number of urea groups is 1. The SMILES string of the molecule is CCC(C)(C)N(C)C(=O)NC1COCC1(C)C(=O)O. The van der Waals surface area contributed by atoms with E-state index in [1.807, 2.05) is 20.8 Å². The molecule has 1 heterocycles. The summed E-state index contributed by atoms with van der Waals surface area (Å²) in [6.45, 7) is 7.88. The van der Waals surface area contributed by atoms with Gasteiger partial charge in [0.1, 0.15) is 5.41 Å². The summed E-state index contributed by atoms with van der Waals surface area (Å²) in [7, 11) is 1.72. The molecule has 0 aromatic heterocycles. The number of amides is 2. The van der Waals surface area contributed by atoms with Crippen LogP contribution in [0.1, 0.15) is 34.1 Å². The Kier molecular flexibility index (Phi) is 4.45. The minimum absolute atomic E-state index is 0.119. The Morgan fingerprint density at radius 2 is 2.11 bits per heavy atom. The summed E-state index contributed by atoms with van der Waals surface area (Å²) in [4.78, 5) is 25.1. The summed E-state index contributed by atoms with van der Waals surface area (Å²) < 4.78 is 5.21. The molecule has 1 saturated heterocycles. The van der Waals surface area contributed by atoms with Gasteiger partial charge in [-0.2, -0.15) is 0 Å². The molecule has 0 saturated carbocycles. The first kappa shape index (κ1) is 15.8. The van der Waals surface area contributed by atoms with Gasteiger partial charge in [-0.15, -0.1) is 0 Å². The highest BCUT2D eigenvalue weighted by atomic mass is 16.5. The van der Waals surface area contributed by atoms with Crippen LogP contribution in [-0.2, 0) is 9.53 Å². The minimum Gasteiger partial charge on any atom is -0.481 e. The molecule has 0 radical (unpaired) electrons.